The number of thiophene rings is 2. The molecule has 0 atom stereocenters. The van der Waals surface area contributed by atoms with Gasteiger partial charge in [-0.1, -0.05) is 194 Å². The van der Waals surface area contributed by atoms with Crippen LogP contribution in [0.5, 0.6) is 0 Å². The Bertz CT molecular complexity index is 3550. The van der Waals surface area contributed by atoms with Crippen LogP contribution in [0.25, 0.3) is 73.7 Å². The zero-order chi connectivity index (χ0) is 42.2. The highest BCUT2D eigenvalue weighted by Gasteiger charge is 2.47. The summed E-state index contributed by atoms with van der Waals surface area (Å²) in [4.78, 5) is 2.52. The zero-order valence-corrected chi connectivity index (χ0v) is 36.4. The van der Waals surface area contributed by atoms with Crippen LogP contribution < -0.4 is 4.90 Å². The van der Waals surface area contributed by atoms with E-state index in [2.05, 4.69) is 241 Å². The SMILES string of the molecule is c1ccc(C2(c3ccccc3)c3ccccc3-c3c(N(c4cccc(-c5cccc6c5sc5ccccc56)c4)c4cccc(-c5cccc6c5sc5ccccc56)c4)cccc32)cc1. The molecule has 2 heterocycles. The van der Waals surface area contributed by atoms with E-state index in [-0.39, 0.29) is 0 Å². The van der Waals surface area contributed by atoms with Gasteiger partial charge in [0.25, 0.3) is 0 Å². The van der Waals surface area contributed by atoms with E-state index in [1.807, 2.05) is 22.7 Å². The van der Waals surface area contributed by atoms with Gasteiger partial charge in [-0.2, -0.15) is 0 Å². The predicted molar refractivity (Wildman–Crippen MR) is 275 cm³/mol. The standard InChI is InChI=1S/C61H39NS2/c1-3-20-42(21-4-1)61(43-22-5-2-6-23-43)53-33-10-7-28-52(53)58-54(61)34-17-35-55(58)62(44-24-13-18-40(38-44)46-29-15-31-50-48-26-8-11-36-56(48)63-59(46)50)45-25-14-19-41(39-45)47-30-16-32-51-49-27-9-12-37-57(49)64-60(47)51/h1-39H. The van der Waals surface area contributed by atoms with Crippen LogP contribution in [0.3, 0.4) is 0 Å². The van der Waals surface area contributed by atoms with Gasteiger partial charge in [-0.3, -0.25) is 0 Å². The van der Waals surface area contributed by atoms with E-state index in [1.54, 1.807) is 0 Å². The van der Waals surface area contributed by atoms with E-state index in [4.69, 9.17) is 0 Å². The molecule has 2 aromatic heterocycles. The normalized spacial score (nSPS) is 12.8. The van der Waals surface area contributed by atoms with E-state index < -0.39 is 5.41 Å². The average Bonchev–Trinajstić information content (AvgIpc) is 4.04. The predicted octanol–water partition coefficient (Wildman–Crippen LogP) is 17.6. The molecule has 300 valence electrons. The third-order valence-corrected chi connectivity index (χ3v) is 15.8. The molecular formula is C61H39NS2. The summed E-state index contributed by atoms with van der Waals surface area (Å²) >= 11 is 3.77. The summed E-state index contributed by atoms with van der Waals surface area (Å²) in [6, 6.07) is 87.8. The largest absolute Gasteiger partial charge is 0.310 e. The first-order chi connectivity index (χ1) is 31.8. The molecule has 3 heteroatoms. The third-order valence-electron chi connectivity index (χ3n) is 13.3. The van der Waals surface area contributed by atoms with Crippen molar-refractivity contribution in [2.75, 3.05) is 4.90 Å². The van der Waals surface area contributed by atoms with Gasteiger partial charge in [0.2, 0.25) is 0 Å². The molecule has 0 saturated heterocycles. The Morgan fingerprint density at radius 2 is 0.766 bits per heavy atom. The van der Waals surface area contributed by atoms with E-state index >= 15 is 0 Å². The number of benzene rings is 10. The maximum atomic E-state index is 2.52. The van der Waals surface area contributed by atoms with Crippen LogP contribution in [0, 0.1) is 0 Å². The number of hydrogen-bond donors (Lipinski definition) is 0. The Balaban J connectivity index is 1.08. The first kappa shape index (κ1) is 37.0. The molecule has 0 aliphatic heterocycles. The first-order valence-electron chi connectivity index (χ1n) is 21.9. The van der Waals surface area contributed by atoms with Crippen LogP contribution in [0.15, 0.2) is 237 Å². The monoisotopic (exact) mass is 849 g/mol. The number of nitrogens with zero attached hydrogens (tertiary/aromatic N) is 1. The Kier molecular flexibility index (Phi) is 8.55. The van der Waals surface area contributed by atoms with E-state index in [0.717, 1.165) is 17.1 Å². The lowest BCUT2D eigenvalue weighted by molar-refractivity contribution is 0.768. The summed E-state index contributed by atoms with van der Waals surface area (Å²) in [5.41, 5.74) is 15.3. The summed E-state index contributed by atoms with van der Waals surface area (Å²) in [5, 5.41) is 5.23. The molecule has 0 saturated carbocycles. The lowest BCUT2D eigenvalue weighted by atomic mass is 9.68. The number of fused-ring (bicyclic) bond motifs is 9. The molecule has 12 aromatic rings. The van der Waals surface area contributed by atoms with E-state index in [0.29, 0.717) is 0 Å². The third kappa shape index (κ3) is 5.55. The average molecular weight is 850 g/mol. The van der Waals surface area contributed by atoms with Gasteiger partial charge in [0.05, 0.1) is 11.1 Å². The van der Waals surface area contributed by atoms with Crippen LogP contribution in [-0.2, 0) is 5.41 Å². The summed E-state index contributed by atoms with van der Waals surface area (Å²) in [6.45, 7) is 0. The lowest BCUT2D eigenvalue weighted by Gasteiger charge is -2.34. The van der Waals surface area contributed by atoms with E-state index in [1.165, 1.54) is 96.0 Å². The number of hydrogen-bond acceptors (Lipinski definition) is 3. The number of anilines is 3. The van der Waals surface area contributed by atoms with Gasteiger partial charge in [-0.05, 0) is 92.5 Å². The second kappa shape index (κ2) is 14.8. The van der Waals surface area contributed by atoms with Crippen molar-refractivity contribution in [1.82, 2.24) is 0 Å². The lowest BCUT2D eigenvalue weighted by Crippen LogP contribution is -2.28. The maximum absolute atomic E-state index is 2.52. The van der Waals surface area contributed by atoms with Crippen molar-refractivity contribution in [3.63, 3.8) is 0 Å². The molecule has 0 radical (unpaired) electrons. The Morgan fingerprint density at radius 1 is 0.328 bits per heavy atom. The molecule has 0 spiro atoms. The molecule has 0 amide bonds. The van der Waals surface area contributed by atoms with Crippen molar-refractivity contribution in [2.45, 2.75) is 5.41 Å². The molecule has 0 fully saturated rings. The minimum Gasteiger partial charge on any atom is -0.310 e. The fourth-order valence-electron chi connectivity index (χ4n) is 10.7. The maximum Gasteiger partial charge on any atom is 0.0714 e. The molecule has 10 aromatic carbocycles. The topological polar surface area (TPSA) is 3.24 Å². The van der Waals surface area contributed by atoms with Crippen molar-refractivity contribution in [3.05, 3.63) is 259 Å². The highest BCUT2D eigenvalue weighted by molar-refractivity contribution is 7.26. The van der Waals surface area contributed by atoms with Crippen LogP contribution in [0.2, 0.25) is 0 Å². The molecule has 64 heavy (non-hydrogen) atoms. The molecule has 1 aliphatic rings. The van der Waals surface area contributed by atoms with Gasteiger partial charge in [0.1, 0.15) is 0 Å². The summed E-state index contributed by atoms with van der Waals surface area (Å²) < 4.78 is 5.26. The second-order valence-electron chi connectivity index (χ2n) is 16.7. The molecule has 0 bridgehead atoms. The van der Waals surface area contributed by atoms with Crippen molar-refractivity contribution >= 4 is 80.1 Å². The quantitative estimate of drug-likeness (QED) is 0.154. The summed E-state index contributed by atoms with van der Waals surface area (Å²) in [6.07, 6.45) is 0. The summed E-state index contributed by atoms with van der Waals surface area (Å²) in [7, 11) is 0. The zero-order valence-electron chi connectivity index (χ0n) is 34.8. The molecular weight excluding hydrogens is 811 g/mol. The van der Waals surface area contributed by atoms with Crippen molar-refractivity contribution < 1.29 is 0 Å². The van der Waals surface area contributed by atoms with Crippen molar-refractivity contribution in [3.8, 4) is 33.4 Å². The van der Waals surface area contributed by atoms with Gasteiger partial charge in [-0.25, -0.2) is 0 Å². The van der Waals surface area contributed by atoms with Gasteiger partial charge in [0.15, 0.2) is 0 Å². The van der Waals surface area contributed by atoms with Crippen LogP contribution >= 0.6 is 22.7 Å². The highest BCUT2D eigenvalue weighted by Crippen LogP contribution is 2.59. The molecule has 1 aliphatic carbocycles. The first-order valence-corrected chi connectivity index (χ1v) is 23.5. The van der Waals surface area contributed by atoms with Crippen LogP contribution in [0.4, 0.5) is 17.1 Å². The van der Waals surface area contributed by atoms with Crippen LogP contribution in [0.1, 0.15) is 22.3 Å². The van der Waals surface area contributed by atoms with Crippen LogP contribution in [-0.4, -0.2) is 0 Å². The Hall–Kier alpha value is -7.56. The Labute approximate surface area is 380 Å². The van der Waals surface area contributed by atoms with E-state index in [9.17, 15) is 0 Å². The minimum atomic E-state index is -0.520. The molecule has 0 N–H and O–H groups in total. The molecule has 13 rings (SSSR count). The Morgan fingerprint density at radius 3 is 1.34 bits per heavy atom. The van der Waals surface area contributed by atoms with Gasteiger partial charge in [-0.15, -0.1) is 22.7 Å². The van der Waals surface area contributed by atoms with Gasteiger partial charge >= 0.3 is 0 Å². The smallest absolute Gasteiger partial charge is 0.0714 e. The second-order valence-corrected chi connectivity index (χ2v) is 18.8. The molecule has 1 nitrogen and oxygen atoms in total. The van der Waals surface area contributed by atoms with Gasteiger partial charge in [0, 0.05) is 57.3 Å². The minimum absolute atomic E-state index is 0.520. The summed E-state index contributed by atoms with van der Waals surface area (Å²) in [5.74, 6) is 0. The fourth-order valence-corrected chi connectivity index (χ4v) is 13.1. The van der Waals surface area contributed by atoms with Crippen molar-refractivity contribution in [2.24, 2.45) is 0 Å². The van der Waals surface area contributed by atoms with Crippen molar-refractivity contribution in [1.29, 1.82) is 0 Å². The van der Waals surface area contributed by atoms with Gasteiger partial charge < -0.3 is 4.90 Å². The fraction of sp³-hybridized carbons (Fsp3) is 0.0164. The number of rotatable bonds is 7. The highest BCUT2D eigenvalue weighted by atomic mass is 32.1. The molecule has 0 unspecified atom stereocenters.